The molecule has 0 bridgehead atoms. The molecular formula is C21H24N4O5S. The molecule has 0 aliphatic rings. The van der Waals surface area contributed by atoms with E-state index in [0.29, 0.717) is 28.7 Å². The Hall–Kier alpha value is -3.40. The molecule has 0 aliphatic carbocycles. The average Bonchev–Trinajstić information content (AvgIpc) is 2.73. The number of rotatable bonds is 8. The van der Waals surface area contributed by atoms with Crippen LogP contribution in [0.5, 0.6) is 0 Å². The number of nitrogens with one attached hydrogen (secondary N) is 2. The molecule has 10 heteroatoms. The highest BCUT2D eigenvalue weighted by Gasteiger charge is 2.15. The maximum Gasteiger partial charge on any atom is 0.331 e. The van der Waals surface area contributed by atoms with Gasteiger partial charge in [-0.3, -0.25) is 23.4 Å². The van der Waals surface area contributed by atoms with Crippen molar-refractivity contribution in [3.05, 3.63) is 69.4 Å². The van der Waals surface area contributed by atoms with Gasteiger partial charge in [0.2, 0.25) is 15.9 Å². The van der Waals surface area contributed by atoms with Crippen molar-refractivity contribution >= 4 is 38.2 Å². The minimum atomic E-state index is -3.40. The van der Waals surface area contributed by atoms with E-state index in [0.717, 1.165) is 4.57 Å². The van der Waals surface area contributed by atoms with Crippen LogP contribution in [0.2, 0.25) is 0 Å². The summed E-state index contributed by atoms with van der Waals surface area (Å²) in [4.78, 5) is 37.8. The van der Waals surface area contributed by atoms with E-state index in [9.17, 15) is 22.8 Å². The molecule has 0 unspecified atom stereocenters. The lowest BCUT2D eigenvalue weighted by Gasteiger charge is -2.13. The van der Waals surface area contributed by atoms with Crippen molar-refractivity contribution < 1.29 is 13.2 Å². The van der Waals surface area contributed by atoms with E-state index in [1.807, 2.05) is 0 Å². The summed E-state index contributed by atoms with van der Waals surface area (Å²) in [7, 11) is -3.40. The van der Waals surface area contributed by atoms with Crippen LogP contribution in [0.15, 0.2) is 58.1 Å². The van der Waals surface area contributed by atoms with Crippen LogP contribution in [0.1, 0.15) is 20.3 Å². The van der Waals surface area contributed by atoms with Crippen molar-refractivity contribution in [1.29, 1.82) is 0 Å². The SMILES string of the molecule is CCCS(=O)(=O)Nc1ccc(NC(=O)Cn2c(=O)n(CC)c(=O)c3ccccc32)cc1. The first-order valence-corrected chi connectivity index (χ1v) is 11.5. The highest BCUT2D eigenvalue weighted by atomic mass is 32.2. The molecule has 0 radical (unpaired) electrons. The predicted molar refractivity (Wildman–Crippen MR) is 121 cm³/mol. The number of para-hydroxylation sites is 1. The molecule has 1 amide bonds. The number of hydrogen-bond donors (Lipinski definition) is 2. The Bertz CT molecular complexity index is 1320. The lowest BCUT2D eigenvalue weighted by atomic mass is 10.2. The van der Waals surface area contributed by atoms with Crippen LogP contribution < -0.4 is 21.3 Å². The van der Waals surface area contributed by atoms with Crippen LogP contribution in [-0.2, 0) is 27.9 Å². The van der Waals surface area contributed by atoms with Gasteiger partial charge < -0.3 is 5.32 Å². The van der Waals surface area contributed by atoms with Gasteiger partial charge in [-0.05, 0) is 49.7 Å². The summed E-state index contributed by atoms with van der Waals surface area (Å²) in [5.74, 6) is -0.429. The second kappa shape index (κ2) is 9.17. The number of carbonyl (C=O) groups is 1. The molecule has 31 heavy (non-hydrogen) atoms. The van der Waals surface area contributed by atoms with Gasteiger partial charge in [-0.1, -0.05) is 19.1 Å². The van der Waals surface area contributed by atoms with E-state index >= 15 is 0 Å². The number of sulfonamides is 1. The second-order valence-corrected chi connectivity index (χ2v) is 8.82. The van der Waals surface area contributed by atoms with Crippen molar-refractivity contribution in [2.24, 2.45) is 0 Å². The highest BCUT2D eigenvalue weighted by molar-refractivity contribution is 7.92. The van der Waals surface area contributed by atoms with Crippen LogP contribution in [0.3, 0.4) is 0 Å². The highest BCUT2D eigenvalue weighted by Crippen LogP contribution is 2.15. The lowest BCUT2D eigenvalue weighted by Crippen LogP contribution is -2.41. The number of fused-ring (bicyclic) bond motifs is 1. The van der Waals surface area contributed by atoms with Crippen molar-refractivity contribution in [3.8, 4) is 0 Å². The minimum Gasteiger partial charge on any atom is -0.325 e. The Labute approximate surface area is 179 Å². The monoisotopic (exact) mass is 444 g/mol. The number of anilines is 2. The molecular weight excluding hydrogens is 420 g/mol. The largest absolute Gasteiger partial charge is 0.331 e. The third-order valence-electron chi connectivity index (χ3n) is 4.67. The van der Waals surface area contributed by atoms with Gasteiger partial charge in [0, 0.05) is 17.9 Å². The van der Waals surface area contributed by atoms with Gasteiger partial charge in [0.05, 0.1) is 16.7 Å². The Balaban J connectivity index is 1.81. The van der Waals surface area contributed by atoms with Crippen molar-refractivity contribution in [3.63, 3.8) is 0 Å². The predicted octanol–water partition coefficient (Wildman–Crippen LogP) is 1.97. The van der Waals surface area contributed by atoms with Gasteiger partial charge >= 0.3 is 5.69 Å². The Kier molecular flexibility index (Phi) is 6.59. The fourth-order valence-corrected chi connectivity index (χ4v) is 4.40. The quantitative estimate of drug-likeness (QED) is 0.551. The third-order valence-corrected chi connectivity index (χ3v) is 6.16. The van der Waals surface area contributed by atoms with Crippen LogP contribution in [0.4, 0.5) is 11.4 Å². The fraction of sp³-hybridized carbons (Fsp3) is 0.286. The molecule has 1 aromatic heterocycles. The summed E-state index contributed by atoms with van der Waals surface area (Å²) < 4.78 is 28.5. The van der Waals surface area contributed by atoms with E-state index in [-0.39, 0.29) is 24.4 Å². The number of benzene rings is 2. The lowest BCUT2D eigenvalue weighted by molar-refractivity contribution is -0.116. The molecule has 3 rings (SSSR count). The van der Waals surface area contributed by atoms with E-state index in [4.69, 9.17) is 0 Å². The van der Waals surface area contributed by atoms with Crippen molar-refractivity contribution in [2.45, 2.75) is 33.4 Å². The number of hydrogen-bond acceptors (Lipinski definition) is 5. The van der Waals surface area contributed by atoms with Gasteiger partial charge in [0.25, 0.3) is 5.56 Å². The molecule has 0 saturated heterocycles. The van der Waals surface area contributed by atoms with E-state index in [1.54, 1.807) is 62.4 Å². The summed E-state index contributed by atoms with van der Waals surface area (Å²) in [6.45, 7) is 3.39. The van der Waals surface area contributed by atoms with Gasteiger partial charge in [-0.15, -0.1) is 0 Å². The molecule has 2 N–H and O–H groups in total. The van der Waals surface area contributed by atoms with Crippen molar-refractivity contribution in [1.82, 2.24) is 9.13 Å². The van der Waals surface area contributed by atoms with Crippen LogP contribution in [-0.4, -0.2) is 29.2 Å². The summed E-state index contributed by atoms with van der Waals surface area (Å²) in [6, 6.07) is 12.9. The van der Waals surface area contributed by atoms with E-state index in [2.05, 4.69) is 10.0 Å². The number of nitrogens with zero attached hydrogens (tertiary/aromatic N) is 2. The Morgan fingerprint density at radius 2 is 1.58 bits per heavy atom. The Morgan fingerprint density at radius 1 is 0.935 bits per heavy atom. The molecule has 3 aromatic rings. The minimum absolute atomic E-state index is 0.0219. The molecule has 9 nitrogen and oxygen atoms in total. The first kappa shape index (κ1) is 22.3. The average molecular weight is 445 g/mol. The first-order chi connectivity index (χ1) is 14.8. The fourth-order valence-electron chi connectivity index (χ4n) is 3.27. The molecule has 1 heterocycles. The molecule has 0 fully saturated rings. The number of aromatic nitrogens is 2. The molecule has 0 saturated carbocycles. The van der Waals surface area contributed by atoms with E-state index in [1.165, 1.54) is 4.57 Å². The van der Waals surface area contributed by atoms with Crippen LogP contribution in [0.25, 0.3) is 10.9 Å². The smallest absolute Gasteiger partial charge is 0.325 e. The zero-order valence-corrected chi connectivity index (χ0v) is 18.1. The Morgan fingerprint density at radius 3 is 2.23 bits per heavy atom. The van der Waals surface area contributed by atoms with E-state index < -0.39 is 21.6 Å². The van der Waals surface area contributed by atoms with Gasteiger partial charge in [-0.2, -0.15) is 0 Å². The molecule has 164 valence electrons. The number of carbonyl (C=O) groups excluding carboxylic acids is 1. The molecule has 0 spiro atoms. The molecule has 2 aromatic carbocycles. The third kappa shape index (κ3) is 5.02. The first-order valence-electron chi connectivity index (χ1n) is 9.88. The summed E-state index contributed by atoms with van der Waals surface area (Å²) in [6.07, 6.45) is 0.503. The second-order valence-electron chi connectivity index (χ2n) is 6.98. The van der Waals surface area contributed by atoms with Gasteiger partial charge in [-0.25, -0.2) is 13.2 Å². The van der Waals surface area contributed by atoms with Crippen LogP contribution >= 0.6 is 0 Å². The zero-order valence-electron chi connectivity index (χ0n) is 17.3. The standard InChI is InChI=1S/C21H24N4O5S/c1-3-13-31(29,30)23-16-11-9-15(10-12-16)22-19(26)14-25-18-8-6-5-7-17(18)20(27)24(4-2)21(25)28/h5-12,23H,3-4,13-14H2,1-2H3,(H,22,26). The van der Waals surface area contributed by atoms with Crippen LogP contribution in [0, 0.1) is 0 Å². The summed E-state index contributed by atoms with van der Waals surface area (Å²) in [5.41, 5.74) is 0.286. The normalized spacial score (nSPS) is 11.4. The molecule has 0 aliphatic heterocycles. The maximum atomic E-state index is 12.7. The molecule has 0 atom stereocenters. The maximum absolute atomic E-state index is 12.7. The number of amides is 1. The van der Waals surface area contributed by atoms with Gasteiger partial charge in [0.15, 0.2) is 0 Å². The zero-order chi connectivity index (χ0) is 22.6. The van der Waals surface area contributed by atoms with Gasteiger partial charge in [0.1, 0.15) is 6.54 Å². The van der Waals surface area contributed by atoms with Crippen molar-refractivity contribution in [2.75, 3.05) is 15.8 Å². The summed E-state index contributed by atoms with van der Waals surface area (Å²) >= 11 is 0. The topological polar surface area (TPSA) is 119 Å². The summed E-state index contributed by atoms with van der Waals surface area (Å²) in [5, 5.41) is 3.05.